The van der Waals surface area contributed by atoms with E-state index >= 15 is 0 Å². The maximum atomic E-state index is 14.5. The summed E-state index contributed by atoms with van der Waals surface area (Å²) < 4.78 is 12.3. The van der Waals surface area contributed by atoms with Crippen LogP contribution >= 0.6 is 11.6 Å². The van der Waals surface area contributed by atoms with E-state index < -0.39 is 35.0 Å². The smallest absolute Gasteiger partial charge is 0.312 e. The number of halogens is 1. The molecule has 2 unspecified atom stereocenters. The number of rotatable bonds is 13. The van der Waals surface area contributed by atoms with Crippen LogP contribution in [0.3, 0.4) is 0 Å². The van der Waals surface area contributed by atoms with Gasteiger partial charge in [-0.3, -0.25) is 14.4 Å². The molecule has 0 radical (unpaired) electrons. The van der Waals surface area contributed by atoms with E-state index in [1.165, 1.54) is 4.90 Å². The van der Waals surface area contributed by atoms with Gasteiger partial charge in [-0.2, -0.15) is 0 Å². The number of nitrogens with zero attached hydrogens (tertiary/aromatic N) is 2. The molecule has 3 aliphatic rings. The molecule has 9 heteroatoms. The second-order valence-electron chi connectivity index (χ2n) is 10.2. The molecule has 1 N–H and O–H groups in total. The summed E-state index contributed by atoms with van der Waals surface area (Å²) in [5.74, 6) is -2.70. The van der Waals surface area contributed by atoms with Crippen LogP contribution in [0, 0.1) is 11.8 Å². The number of aliphatic hydroxyl groups excluding tert-OH is 1. The lowest BCUT2D eigenvalue weighted by atomic mass is 9.65. The predicted molar refractivity (Wildman–Crippen MR) is 145 cm³/mol. The summed E-state index contributed by atoms with van der Waals surface area (Å²) in [7, 11) is 0. The highest BCUT2D eigenvalue weighted by Gasteiger charge is 2.79. The monoisotopic (exact) mass is 544 g/mol. The highest BCUT2D eigenvalue weighted by atomic mass is 35.5. The molecule has 0 aromatic heterocycles. The number of hydrogen-bond acceptors (Lipinski definition) is 6. The predicted octanol–water partition coefficient (Wildman–Crippen LogP) is 3.91. The van der Waals surface area contributed by atoms with Crippen LogP contribution < -0.4 is 4.90 Å². The number of carbonyl (C=O) groups is 3. The standard InChI is InChI=1S/C29H37ClN2O6/c1-4-7-19-37-27(36)23-22-25(34)32(17-10-11-18-33)24(29(22)15-14-28(23,6-3)38-29)26(35)31(16-5-2)21-13-9-8-12-20(21)30/h4-5,8-9,12-13,22-24,33H,1-2,6-7,10-11,14-19H2,3H3/t22-,23+,24?,28-,29?/m0/s1. The normalized spacial score (nSPS) is 29.3. The molecule has 3 aliphatic heterocycles. The Balaban J connectivity index is 1.78. The minimum atomic E-state index is -1.16. The molecular formula is C29H37ClN2O6. The molecule has 206 valence electrons. The second kappa shape index (κ2) is 11.6. The fourth-order valence-corrected chi connectivity index (χ4v) is 6.82. The number of benzene rings is 1. The summed E-state index contributed by atoms with van der Waals surface area (Å²) in [5, 5.41) is 9.77. The molecule has 1 aromatic carbocycles. The third kappa shape index (κ3) is 4.56. The van der Waals surface area contributed by atoms with Gasteiger partial charge in [-0.1, -0.05) is 42.8 Å². The molecule has 5 atom stereocenters. The van der Waals surface area contributed by atoms with Gasteiger partial charge in [-0.05, 0) is 50.7 Å². The van der Waals surface area contributed by atoms with Crippen molar-refractivity contribution in [1.82, 2.24) is 4.90 Å². The lowest BCUT2D eigenvalue weighted by Gasteiger charge is -2.37. The summed E-state index contributed by atoms with van der Waals surface area (Å²) in [5.41, 5.74) is -1.51. The van der Waals surface area contributed by atoms with Gasteiger partial charge in [0.15, 0.2) is 0 Å². The molecule has 2 amide bonds. The van der Waals surface area contributed by atoms with Gasteiger partial charge >= 0.3 is 5.97 Å². The van der Waals surface area contributed by atoms with Gasteiger partial charge in [0.1, 0.15) is 17.6 Å². The van der Waals surface area contributed by atoms with Crippen molar-refractivity contribution in [1.29, 1.82) is 0 Å². The maximum absolute atomic E-state index is 14.5. The Hall–Kier alpha value is -2.68. The van der Waals surface area contributed by atoms with E-state index in [1.54, 1.807) is 41.3 Å². The van der Waals surface area contributed by atoms with Crippen LogP contribution in [0.25, 0.3) is 0 Å². The molecule has 1 spiro atoms. The Morgan fingerprint density at radius 1 is 1.26 bits per heavy atom. The largest absolute Gasteiger partial charge is 0.465 e. The highest BCUT2D eigenvalue weighted by Crippen LogP contribution is 2.64. The van der Waals surface area contributed by atoms with Crippen molar-refractivity contribution in [3.63, 3.8) is 0 Å². The second-order valence-corrected chi connectivity index (χ2v) is 10.6. The third-order valence-electron chi connectivity index (χ3n) is 8.26. The molecular weight excluding hydrogens is 508 g/mol. The van der Waals surface area contributed by atoms with Crippen molar-refractivity contribution in [2.24, 2.45) is 11.8 Å². The van der Waals surface area contributed by atoms with Crippen LogP contribution in [0.4, 0.5) is 5.69 Å². The van der Waals surface area contributed by atoms with E-state index in [-0.39, 0.29) is 38.1 Å². The lowest BCUT2D eigenvalue weighted by molar-refractivity contribution is -0.160. The van der Waals surface area contributed by atoms with Crippen LogP contribution in [0.1, 0.15) is 45.4 Å². The minimum Gasteiger partial charge on any atom is -0.465 e. The molecule has 0 aliphatic carbocycles. The number of carbonyl (C=O) groups excluding carboxylic acids is 3. The first kappa shape index (κ1) is 28.3. The summed E-state index contributed by atoms with van der Waals surface area (Å²) >= 11 is 6.49. The van der Waals surface area contributed by atoms with Gasteiger partial charge in [0.05, 0.1) is 28.8 Å². The van der Waals surface area contributed by atoms with Crippen molar-refractivity contribution in [2.45, 2.75) is 62.7 Å². The number of para-hydroxylation sites is 1. The summed E-state index contributed by atoms with van der Waals surface area (Å²) in [6.45, 7) is 10.0. The first-order chi connectivity index (χ1) is 18.3. The van der Waals surface area contributed by atoms with Crippen LogP contribution in [-0.4, -0.2) is 71.3 Å². The molecule has 3 saturated heterocycles. The van der Waals surface area contributed by atoms with Crippen LogP contribution in [0.2, 0.25) is 5.02 Å². The zero-order chi connectivity index (χ0) is 27.5. The van der Waals surface area contributed by atoms with E-state index in [0.717, 1.165) is 0 Å². The minimum absolute atomic E-state index is 0.0227. The fourth-order valence-electron chi connectivity index (χ4n) is 6.58. The average molecular weight is 545 g/mol. The van der Waals surface area contributed by atoms with Crippen LogP contribution in [0.5, 0.6) is 0 Å². The number of amides is 2. The van der Waals surface area contributed by atoms with Crippen LogP contribution in [0.15, 0.2) is 49.6 Å². The van der Waals surface area contributed by atoms with Crippen molar-refractivity contribution in [3.05, 3.63) is 54.6 Å². The Bertz CT molecular complexity index is 1090. The molecule has 3 heterocycles. The SMILES string of the molecule is C=CCCOC(=O)[C@H]1[C@H]2C(=O)N(CCCCO)C(C(=O)N(CC=C)c3ccccc3Cl)C23CC[C@]1(CC)O3. The van der Waals surface area contributed by atoms with Crippen molar-refractivity contribution in [3.8, 4) is 0 Å². The summed E-state index contributed by atoms with van der Waals surface area (Å²) in [6, 6.07) is 6.09. The van der Waals surface area contributed by atoms with E-state index in [4.69, 9.17) is 21.1 Å². The van der Waals surface area contributed by atoms with Gasteiger partial charge < -0.3 is 24.4 Å². The Morgan fingerprint density at radius 3 is 2.68 bits per heavy atom. The number of ether oxygens (including phenoxy) is 2. The molecule has 4 rings (SSSR count). The van der Waals surface area contributed by atoms with E-state index in [0.29, 0.717) is 49.2 Å². The van der Waals surface area contributed by atoms with E-state index in [9.17, 15) is 19.5 Å². The van der Waals surface area contributed by atoms with Gasteiger partial charge in [0.2, 0.25) is 5.91 Å². The first-order valence-electron chi connectivity index (χ1n) is 13.4. The maximum Gasteiger partial charge on any atom is 0.312 e. The number of anilines is 1. The highest BCUT2D eigenvalue weighted by molar-refractivity contribution is 6.34. The number of aliphatic hydroxyl groups is 1. The Morgan fingerprint density at radius 2 is 2.03 bits per heavy atom. The summed E-state index contributed by atoms with van der Waals surface area (Å²) in [6.07, 6.45) is 6.33. The summed E-state index contributed by atoms with van der Waals surface area (Å²) in [4.78, 5) is 45.1. The van der Waals surface area contributed by atoms with Gasteiger partial charge in [-0.15, -0.1) is 13.2 Å². The number of esters is 1. The zero-order valence-electron chi connectivity index (χ0n) is 21.9. The molecule has 8 nitrogen and oxygen atoms in total. The number of unbranched alkanes of at least 4 members (excludes halogenated alkanes) is 1. The number of likely N-dealkylation sites (tertiary alicyclic amines) is 1. The molecule has 2 bridgehead atoms. The van der Waals surface area contributed by atoms with Crippen molar-refractivity contribution >= 4 is 35.1 Å². The molecule has 1 aromatic rings. The Kier molecular flexibility index (Phi) is 8.65. The molecule has 3 fully saturated rings. The van der Waals surface area contributed by atoms with Crippen LogP contribution in [-0.2, 0) is 23.9 Å². The van der Waals surface area contributed by atoms with E-state index in [2.05, 4.69) is 13.2 Å². The Labute approximate surface area is 229 Å². The molecule has 0 saturated carbocycles. The van der Waals surface area contributed by atoms with Crippen molar-refractivity contribution in [2.75, 3.05) is 31.2 Å². The third-order valence-corrected chi connectivity index (χ3v) is 8.58. The fraction of sp³-hybridized carbons (Fsp3) is 0.552. The lowest BCUT2D eigenvalue weighted by Crippen LogP contribution is -2.56. The van der Waals surface area contributed by atoms with E-state index in [1.807, 2.05) is 6.92 Å². The number of hydrogen-bond donors (Lipinski definition) is 1. The average Bonchev–Trinajstić information content (AvgIpc) is 3.51. The first-order valence-corrected chi connectivity index (χ1v) is 13.8. The zero-order valence-corrected chi connectivity index (χ0v) is 22.7. The van der Waals surface area contributed by atoms with Gasteiger partial charge in [-0.25, -0.2) is 0 Å². The molecule has 38 heavy (non-hydrogen) atoms. The van der Waals surface area contributed by atoms with Gasteiger partial charge in [0, 0.05) is 19.7 Å². The quantitative estimate of drug-likeness (QED) is 0.230. The van der Waals surface area contributed by atoms with Crippen molar-refractivity contribution < 1.29 is 29.0 Å². The van der Waals surface area contributed by atoms with Gasteiger partial charge in [0.25, 0.3) is 5.91 Å². The topological polar surface area (TPSA) is 96.4 Å². The number of fused-ring (bicyclic) bond motifs is 1.